The fourth-order valence-electron chi connectivity index (χ4n) is 2.26. The molecule has 3 heterocycles. The van der Waals surface area contributed by atoms with Gasteiger partial charge in [0.15, 0.2) is 0 Å². The van der Waals surface area contributed by atoms with E-state index in [1.807, 2.05) is 0 Å². The number of hydrogen-bond acceptors (Lipinski definition) is 6. The van der Waals surface area contributed by atoms with Crippen LogP contribution in [0.2, 0.25) is 0 Å². The first-order valence-electron chi connectivity index (χ1n) is 6.05. The molecule has 19 heavy (non-hydrogen) atoms. The van der Waals surface area contributed by atoms with E-state index in [-0.39, 0.29) is 6.04 Å². The van der Waals surface area contributed by atoms with Crippen LogP contribution in [0.4, 0.5) is 5.95 Å². The van der Waals surface area contributed by atoms with Crippen LogP contribution in [0.15, 0.2) is 24.7 Å². The van der Waals surface area contributed by atoms with Crippen LogP contribution in [-0.2, 0) is 0 Å². The lowest BCUT2D eigenvalue weighted by Crippen LogP contribution is -2.24. The van der Waals surface area contributed by atoms with Gasteiger partial charge in [0.2, 0.25) is 5.95 Å². The molecule has 0 aromatic carbocycles. The Balaban J connectivity index is 1.88. The number of thiazole rings is 1. The highest BCUT2D eigenvalue weighted by Gasteiger charge is 2.30. The van der Waals surface area contributed by atoms with Crippen LogP contribution >= 0.6 is 11.3 Å². The molecule has 0 aliphatic carbocycles. The first kappa shape index (κ1) is 12.0. The number of carbonyl (C=O) groups is 1. The molecular weight excluding hydrogens is 262 g/mol. The number of carbonyl (C=O) groups excluding carboxylic acids is 1. The molecule has 3 rings (SSSR count). The van der Waals surface area contributed by atoms with Crippen molar-refractivity contribution in [2.75, 3.05) is 11.4 Å². The van der Waals surface area contributed by atoms with Crippen LogP contribution < -0.4 is 10.6 Å². The Morgan fingerprint density at radius 2 is 2.16 bits per heavy atom. The predicted octanol–water partition coefficient (Wildman–Crippen LogP) is 1.37. The Morgan fingerprint density at radius 3 is 2.84 bits per heavy atom. The molecule has 98 valence electrons. The van der Waals surface area contributed by atoms with Crippen LogP contribution in [0.25, 0.3) is 0 Å². The molecule has 1 saturated heterocycles. The number of amides is 1. The molecule has 0 saturated carbocycles. The van der Waals surface area contributed by atoms with Crippen molar-refractivity contribution in [3.8, 4) is 0 Å². The topological polar surface area (TPSA) is 85.0 Å². The molecule has 1 amide bonds. The SMILES string of the molecule is NC(=O)c1cnc(C2CCCN2c2ncccn2)s1. The van der Waals surface area contributed by atoms with Crippen LogP contribution in [0, 0.1) is 0 Å². The van der Waals surface area contributed by atoms with Crippen molar-refractivity contribution >= 4 is 23.2 Å². The zero-order chi connectivity index (χ0) is 13.2. The summed E-state index contributed by atoms with van der Waals surface area (Å²) in [4.78, 5) is 26.6. The Labute approximate surface area is 114 Å². The summed E-state index contributed by atoms with van der Waals surface area (Å²) < 4.78 is 0. The van der Waals surface area contributed by atoms with Crippen molar-refractivity contribution in [1.82, 2.24) is 15.0 Å². The van der Waals surface area contributed by atoms with Gasteiger partial charge >= 0.3 is 0 Å². The molecule has 1 unspecified atom stereocenters. The lowest BCUT2D eigenvalue weighted by Gasteiger charge is -2.22. The molecule has 1 aliphatic rings. The van der Waals surface area contributed by atoms with E-state index in [0.29, 0.717) is 10.8 Å². The summed E-state index contributed by atoms with van der Waals surface area (Å²) >= 11 is 1.35. The zero-order valence-electron chi connectivity index (χ0n) is 10.2. The van der Waals surface area contributed by atoms with Crippen molar-refractivity contribution in [2.45, 2.75) is 18.9 Å². The lowest BCUT2D eigenvalue weighted by atomic mass is 10.2. The molecule has 0 spiro atoms. The molecule has 1 aliphatic heterocycles. The molecule has 1 atom stereocenters. The summed E-state index contributed by atoms with van der Waals surface area (Å²) in [7, 11) is 0. The number of anilines is 1. The van der Waals surface area contributed by atoms with Crippen LogP contribution in [0.3, 0.4) is 0 Å². The van der Waals surface area contributed by atoms with Crippen LogP contribution in [-0.4, -0.2) is 27.4 Å². The first-order chi connectivity index (χ1) is 9.25. The van der Waals surface area contributed by atoms with E-state index in [1.165, 1.54) is 11.3 Å². The maximum atomic E-state index is 11.1. The van der Waals surface area contributed by atoms with Gasteiger partial charge in [0.25, 0.3) is 5.91 Å². The van der Waals surface area contributed by atoms with Gasteiger partial charge in [0.05, 0.1) is 12.2 Å². The maximum Gasteiger partial charge on any atom is 0.260 e. The monoisotopic (exact) mass is 275 g/mol. The van der Waals surface area contributed by atoms with Gasteiger partial charge in [-0.25, -0.2) is 15.0 Å². The molecule has 6 nitrogen and oxygen atoms in total. The highest BCUT2D eigenvalue weighted by atomic mass is 32.1. The molecule has 0 radical (unpaired) electrons. The van der Waals surface area contributed by atoms with E-state index in [9.17, 15) is 4.79 Å². The fraction of sp³-hybridized carbons (Fsp3) is 0.333. The van der Waals surface area contributed by atoms with Crippen molar-refractivity contribution in [3.63, 3.8) is 0 Å². The second-order valence-electron chi connectivity index (χ2n) is 4.33. The standard InChI is InChI=1S/C12H13N5OS/c13-10(18)9-7-16-11(19-9)8-3-1-6-17(8)12-14-4-2-5-15-12/h2,4-5,7-8H,1,3,6H2,(H2,13,18). The summed E-state index contributed by atoms with van der Waals surface area (Å²) in [5.74, 6) is 0.282. The zero-order valence-corrected chi connectivity index (χ0v) is 11.0. The van der Waals surface area contributed by atoms with Crippen molar-refractivity contribution in [1.29, 1.82) is 0 Å². The van der Waals surface area contributed by atoms with E-state index in [1.54, 1.807) is 24.7 Å². The number of nitrogens with zero attached hydrogens (tertiary/aromatic N) is 4. The van der Waals surface area contributed by atoms with Gasteiger partial charge in [-0.2, -0.15) is 0 Å². The van der Waals surface area contributed by atoms with Gasteiger partial charge in [0, 0.05) is 18.9 Å². The Morgan fingerprint density at radius 1 is 1.37 bits per heavy atom. The minimum Gasteiger partial charge on any atom is -0.365 e. The van der Waals surface area contributed by atoms with Crippen molar-refractivity contribution in [2.24, 2.45) is 5.73 Å². The quantitative estimate of drug-likeness (QED) is 0.914. The second kappa shape index (κ2) is 4.93. The number of nitrogens with two attached hydrogens (primary N) is 1. The maximum absolute atomic E-state index is 11.1. The largest absolute Gasteiger partial charge is 0.365 e. The number of rotatable bonds is 3. The summed E-state index contributed by atoms with van der Waals surface area (Å²) in [5, 5.41) is 0.902. The Kier molecular flexibility index (Phi) is 3.12. The Hall–Kier alpha value is -2.02. The third kappa shape index (κ3) is 2.28. The van der Waals surface area contributed by atoms with Crippen molar-refractivity contribution in [3.05, 3.63) is 34.5 Å². The smallest absolute Gasteiger partial charge is 0.260 e. The van der Waals surface area contributed by atoms with Gasteiger partial charge in [-0.15, -0.1) is 11.3 Å². The Bertz CT molecular complexity index is 585. The molecule has 2 N–H and O–H groups in total. The third-order valence-corrected chi connectivity index (χ3v) is 4.23. The van der Waals surface area contributed by atoms with Gasteiger partial charge in [-0.1, -0.05) is 0 Å². The minimum atomic E-state index is -0.427. The highest BCUT2D eigenvalue weighted by molar-refractivity contribution is 7.13. The summed E-state index contributed by atoms with van der Waals surface area (Å²) in [6.07, 6.45) is 7.06. The van der Waals surface area contributed by atoms with E-state index in [0.717, 1.165) is 24.4 Å². The molecule has 2 aromatic heterocycles. The lowest BCUT2D eigenvalue weighted by molar-refractivity contribution is 0.100. The average Bonchev–Trinajstić information content (AvgIpc) is 3.08. The molecule has 1 fully saturated rings. The minimum absolute atomic E-state index is 0.139. The van der Waals surface area contributed by atoms with Gasteiger partial charge in [-0.05, 0) is 18.9 Å². The number of primary amides is 1. The first-order valence-corrected chi connectivity index (χ1v) is 6.86. The van der Waals surface area contributed by atoms with Crippen LogP contribution in [0.1, 0.15) is 33.6 Å². The molecule has 7 heteroatoms. The van der Waals surface area contributed by atoms with E-state index >= 15 is 0 Å². The van der Waals surface area contributed by atoms with E-state index in [4.69, 9.17) is 5.73 Å². The highest BCUT2D eigenvalue weighted by Crippen LogP contribution is 2.35. The predicted molar refractivity (Wildman–Crippen MR) is 72.0 cm³/mol. The van der Waals surface area contributed by atoms with Gasteiger partial charge in [0.1, 0.15) is 9.88 Å². The molecule has 0 bridgehead atoms. The molecule has 2 aromatic rings. The van der Waals surface area contributed by atoms with Gasteiger partial charge < -0.3 is 10.6 Å². The average molecular weight is 275 g/mol. The molecular formula is C12H13N5OS. The van der Waals surface area contributed by atoms with E-state index < -0.39 is 5.91 Å². The second-order valence-corrected chi connectivity index (χ2v) is 5.39. The number of aromatic nitrogens is 3. The van der Waals surface area contributed by atoms with Crippen molar-refractivity contribution < 1.29 is 4.79 Å². The number of hydrogen-bond donors (Lipinski definition) is 1. The van der Waals surface area contributed by atoms with Gasteiger partial charge in [-0.3, -0.25) is 4.79 Å². The van der Waals surface area contributed by atoms with E-state index in [2.05, 4.69) is 19.9 Å². The third-order valence-electron chi connectivity index (χ3n) is 3.11. The summed E-state index contributed by atoms with van der Waals surface area (Å²) in [5.41, 5.74) is 5.26. The summed E-state index contributed by atoms with van der Waals surface area (Å²) in [6.45, 7) is 0.903. The van der Waals surface area contributed by atoms with Crippen LogP contribution in [0.5, 0.6) is 0 Å². The summed E-state index contributed by atoms with van der Waals surface area (Å²) in [6, 6.07) is 1.93. The normalized spacial score (nSPS) is 18.7. The fourth-order valence-corrected chi connectivity index (χ4v) is 3.18.